The molecule has 4 rings (SSSR count). The summed E-state index contributed by atoms with van der Waals surface area (Å²) in [6.45, 7) is 4.40. The van der Waals surface area contributed by atoms with Gasteiger partial charge in [-0.3, -0.25) is 34.3 Å². The molecule has 0 bridgehead atoms. The molecule has 30 heavy (non-hydrogen) atoms. The van der Waals surface area contributed by atoms with Gasteiger partial charge in [-0.15, -0.1) is 0 Å². The van der Waals surface area contributed by atoms with Gasteiger partial charge < -0.3 is 5.73 Å². The Kier molecular flexibility index (Phi) is 5.71. The first kappa shape index (κ1) is 20.7. The van der Waals surface area contributed by atoms with Crippen LogP contribution in [0.3, 0.4) is 0 Å². The highest BCUT2D eigenvalue weighted by atomic mass is 16.2. The summed E-state index contributed by atoms with van der Waals surface area (Å²) in [7, 11) is 0. The number of nitrogens with one attached hydrogen (secondary N) is 1. The summed E-state index contributed by atoms with van der Waals surface area (Å²) in [5.74, 6) is -1.22. The maximum Gasteiger partial charge on any atom is 0.262 e. The number of benzene rings is 1. The van der Waals surface area contributed by atoms with Crippen molar-refractivity contribution in [2.75, 3.05) is 13.1 Å². The molecule has 160 valence electrons. The van der Waals surface area contributed by atoms with Crippen molar-refractivity contribution in [3.05, 3.63) is 34.9 Å². The lowest BCUT2D eigenvalue weighted by Gasteiger charge is -2.38. The van der Waals surface area contributed by atoms with Crippen molar-refractivity contribution in [2.45, 2.75) is 57.7 Å². The Bertz CT molecular complexity index is 899. The normalized spacial score (nSPS) is 27.4. The van der Waals surface area contributed by atoms with E-state index in [0.717, 1.165) is 36.3 Å². The summed E-state index contributed by atoms with van der Waals surface area (Å²) >= 11 is 0. The van der Waals surface area contributed by atoms with Gasteiger partial charge in [-0.05, 0) is 63.2 Å². The second-order valence-corrected chi connectivity index (χ2v) is 8.57. The van der Waals surface area contributed by atoms with E-state index in [2.05, 4.69) is 17.1 Å². The Balaban J connectivity index is 1.55. The lowest BCUT2D eigenvalue weighted by atomic mass is 9.88. The van der Waals surface area contributed by atoms with Crippen LogP contribution in [0.4, 0.5) is 0 Å². The van der Waals surface area contributed by atoms with Crippen molar-refractivity contribution in [1.82, 2.24) is 15.1 Å². The first-order chi connectivity index (χ1) is 14.4. The average molecular weight is 412 g/mol. The second kappa shape index (κ2) is 8.28. The number of piperidine rings is 2. The molecule has 4 amide bonds. The molecule has 8 nitrogen and oxygen atoms in total. The molecule has 3 atom stereocenters. The molecule has 3 aliphatic heterocycles. The van der Waals surface area contributed by atoms with Gasteiger partial charge in [0.25, 0.3) is 11.8 Å². The van der Waals surface area contributed by atoms with Crippen molar-refractivity contribution < 1.29 is 19.2 Å². The van der Waals surface area contributed by atoms with Crippen molar-refractivity contribution in [1.29, 1.82) is 0 Å². The zero-order valence-electron chi connectivity index (χ0n) is 17.2. The average Bonchev–Trinajstić information content (AvgIpc) is 2.96. The molecule has 3 unspecified atom stereocenters. The van der Waals surface area contributed by atoms with E-state index in [4.69, 9.17) is 5.73 Å². The van der Waals surface area contributed by atoms with Crippen molar-refractivity contribution >= 4 is 23.6 Å². The van der Waals surface area contributed by atoms with E-state index >= 15 is 0 Å². The highest BCUT2D eigenvalue weighted by Crippen LogP contribution is 2.32. The number of carbonyl (C=O) groups is 4. The molecule has 3 heterocycles. The van der Waals surface area contributed by atoms with Crippen LogP contribution in [-0.2, 0) is 16.1 Å². The monoisotopic (exact) mass is 412 g/mol. The first-order valence-corrected chi connectivity index (χ1v) is 10.7. The molecule has 0 saturated carbocycles. The van der Waals surface area contributed by atoms with E-state index in [9.17, 15) is 19.2 Å². The number of imide groups is 2. The largest absolute Gasteiger partial charge is 0.330 e. The van der Waals surface area contributed by atoms with Crippen molar-refractivity contribution in [3.8, 4) is 0 Å². The van der Waals surface area contributed by atoms with Crippen LogP contribution in [0.25, 0.3) is 0 Å². The van der Waals surface area contributed by atoms with Gasteiger partial charge in [0.1, 0.15) is 6.04 Å². The highest BCUT2D eigenvalue weighted by Gasteiger charge is 2.45. The van der Waals surface area contributed by atoms with Crippen LogP contribution in [0.1, 0.15) is 65.3 Å². The maximum atomic E-state index is 13.2. The summed E-state index contributed by atoms with van der Waals surface area (Å²) < 4.78 is 0. The minimum atomic E-state index is -0.936. The Hall–Kier alpha value is -2.58. The van der Waals surface area contributed by atoms with Crippen LogP contribution in [0.15, 0.2) is 18.2 Å². The number of carbonyl (C=O) groups excluding carboxylic acids is 4. The molecule has 0 spiro atoms. The standard InChI is InChI=1S/C22H28N4O4/c1-13-11-14(7-9-23)8-10-25(13)12-15-3-2-4-16-19(15)22(30)26(21(16)29)17-5-6-18(27)24-20(17)28/h2-4,13-14,17H,5-12,23H2,1H3,(H,24,27,28). The molecule has 0 aromatic heterocycles. The number of likely N-dealkylation sites (tertiary alicyclic amines) is 1. The van der Waals surface area contributed by atoms with Gasteiger partial charge in [0.05, 0.1) is 11.1 Å². The predicted molar refractivity (Wildman–Crippen MR) is 109 cm³/mol. The van der Waals surface area contributed by atoms with Crippen LogP contribution in [0.2, 0.25) is 0 Å². The molecule has 1 aromatic rings. The van der Waals surface area contributed by atoms with Crippen LogP contribution in [0.5, 0.6) is 0 Å². The maximum absolute atomic E-state index is 13.2. The second-order valence-electron chi connectivity index (χ2n) is 8.57. The number of rotatable bonds is 5. The molecule has 2 saturated heterocycles. The van der Waals surface area contributed by atoms with Crippen LogP contribution in [0, 0.1) is 5.92 Å². The molecule has 3 aliphatic rings. The Morgan fingerprint density at radius 3 is 2.63 bits per heavy atom. The van der Waals surface area contributed by atoms with E-state index in [1.54, 1.807) is 12.1 Å². The quantitative estimate of drug-likeness (QED) is 0.699. The predicted octanol–water partition coefficient (Wildman–Crippen LogP) is 1.04. The van der Waals surface area contributed by atoms with E-state index < -0.39 is 23.8 Å². The van der Waals surface area contributed by atoms with E-state index in [1.807, 2.05) is 6.07 Å². The number of nitrogens with zero attached hydrogens (tertiary/aromatic N) is 2. The fraction of sp³-hybridized carbons (Fsp3) is 0.545. The fourth-order valence-corrected chi connectivity index (χ4v) is 4.99. The molecule has 0 aliphatic carbocycles. The Morgan fingerprint density at radius 1 is 1.13 bits per heavy atom. The Labute approximate surface area is 175 Å². The van der Waals surface area contributed by atoms with Gasteiger partial charge in [0, 0.05) is 19.0 Å². The molecule has 2 fully saturated rings. The zero-order chi connectivity index (χ0) is 21.4. The first-order valence-electron chi connectivity index (χ1n) is 10.7. The summed E-state index contributed by atoms with van der Waals surface area (Å²) in [6, 6.07) is 4.75. The van der Waals surface area contributed by atoms with Gasteiger partial charge in [-0.25, -0.2) is 0 Å². The molecule has 8 heteroatoms. The molecule has 1 aromatic carbocycles. The zero-order valence-corrected chi connectivity index (χ0v) is 17.2. The molecule has 3 N–H and O–H groups in total. The van der Waals surface area contributed by atoms with Crippen LogP contribution < -0.4 is 11.1 Å². The summed E-state index contributed by atoms with van der Waals surface area (Å²) in [5, 5.41) is 2.23. The number of hydrogen-bond donors (Lipinski definition) is 2. The third-order valence-electron chi connectivity index (χ3n) is 6.63. The third kappa shape index (κ3) is 3.65. The minimum Gasteiger partial charge on any atom is -0.330 e. The van der Waals surface area contributed by atoms with Gasteiger partial charge in [0.2, 0.25) is 11.8 Å². The van der Waals surface area contributed by atoms with Crippen molar-refractivity contribution in [3.63, 3.8) is 0 Å². The SMILES string of the molecule is CC1CC(CCN)CCN1Cc1cccc2c1C(=O)N(C1CCC(=O)NC1=O)C2=O. The van der Waals surface area contributed by atoms with Gasteiger partial charge in [-0.1, -0.05) is 12.1 Å². The molecule has 0 radical (unpaired) electrons. The summed E-state index contributed by atoms with van der Waals surface area (Å²) in [5.41, 5.74) is 7.25. The smallest absolute Gasteiger partial charge is 0.262 e. The Morgan fingerprint density at radius 2 is 1.93 bits per heavy atom. The van der Waals surface area contributed by atoms with Crippen molar-refractivity contribution in [2.24, 2.45) is 11.7 Å². The van der Waals surface area contributed by atoms with E-state index in [-0.39, 0.29) is 18.7 Å². The topological polar surface area (TPSA) is 113 Å². The molecular formula is C22H28N4O4. The summed E-state index contributed by atoms with van der Waals surface area (Å²) in [4.78, 5) is 53.3. The minimum absolute atomic E-state index is 0.117. The van der Waals surface area contributed by atoms with Gasteiger partial charge in [0.15, 0.2) is 0 Å². The van der Waals surface area contributed by atoms with Crippen LogP contribution in [-0.4, -0.2) is 58.6 Å². The highest BCUT2D eigenvalue weighted by molar-refractivity contribution is 6.24. The number of nitrogens with two attached hydrogens (primary N) is 1. The number of fused-ring (bicyclic) bond motifs is 1. The lowest BCUT2D eigenvalue weighted by Crippen LogP contribution is -2.54. The number of amides is 4. The van der Waals surface area contributed by atoms with E-state index in [1.165, 1.54) is 0 Å². The molecular weight excluding hydrogens is 384 g/mol. The fourth-order valence-electron chi connectivity index (χ4n) is 4.99. The van der Waals surface area contributed by atoms with E-state index in [0.29, 0.717) is 36.2 Å². The number of hydrogen-bond acceptors (Lipinski definition) is 6. The summed E-state index contributed by atoms with van der Waals surface area (Å²) in [6.07, 6.45) is 3.46. The van der Waals surface area contributed by atoms with Gasteiger partial charge >= 0.3 is 0 Å². The van der Waals surface area contributed by atoms with Gasteiger partial charge in [-0.2, -0.15) is 0 Å². The third-order valence-corrected chi connectivity index (χ3v) is 6.63. The lowest BCUT2D eigenvalue weighted by molar-refractivity contribution is -0.136. The van der Waals surface area contributed by atoms with Crippen LogP contribution >= 0.6 is 0 Å².